The summed E-state index contributed by atoms with van der Waals surface area (Å²) >= 11 is 4.86. The number of benzene rings is 2. The third kappa shape index (κ3) is 2.64. The summed E-state index contributed by atoms with van der Waals surface area (Å²) in [6, 6.07) is 13.6. The van der Waals surface area contributed by atoms with Crippen LogP contribution in [0.3, 0.4) is 0 Å². The second-order valence-corrected chi connectivity index (χ2v) is 6.30. The van der Waals surface area contributed by atoms with Crippen LogP contribution in [0.4, 0.5) is 0 Å². The predicted molar refractivity (Wildman–Crippen MR) is 84.4 cm³/mol. The average Bonchev–Trinajstić information content (AvgIpc) is 2.82. The third-order valence-corrected chi connectivity index (χ3v) is 4.35. The highest BCUT2D eigenvalue weighted by molar-refractivity contribution is 9.10. The number of rotatable bonds is 3. The van der Waals surface area contributed by atoms with E-state index in [1.165, 1.54) is 11.8 Å². The minimum Gasteiger partial charge on any atom is -0.333 e. The number of fused-ring (bicyclic) bond motifs is 1. The van der Waals surface area contributed by atoms with Gasteiger partial charge in [0.15, 0.2) is 10.9 Å². The van der Waals surface area contributed by atoms with Crippen molar-refractivity contribution in [2.75, 3.05) is 0 Å². The molecular weight excluding hydrogens is 336 g/mol. The Hall–Kier alpha value is -1.59. The molecule has 0 atom stereocenters. The average molecular weight is 347 g/mol. The third-order valence-electron chi connectivity index (χ3n) is 2.90. The van der Waals surface area contributed by atoms with E-state index in [4.69, 9.17) is 0 Å². The van der Waals surface area contributed by atoms with Crippen molar-refractivity contribution in [3.63, 3.8) is 0 Å². The van der Waals surface area contributed by atoms with E-state index in [0.29, 0.717) is 5.56 Å². The molecule has 1 N–H and O–H groups in total. The first kappa shape index (κ1) is 13.4. The van der Waals surface area contributed by atoms with Gasteiger partial charge in [0.2, 0.25) is 0 Å². The summed E-state index contributed by atoms with van der Waals surface area (Å²) in [7, 11) is 0. The maximum atomic E-state index is 11.7. The van der Waals surface area contributed by atoms with Gasteiger partial charge in [0.1, 0.15) is 0 Å². The minimum atomic E-state index is 0.0462. The molecular formula is C15H11BrN2OS. The van der Waals surface area contributed by atoms with Crippen LogP contribution in [0.25, 0.3) is 11.0 Å². The quantitative estimate of drug-likeness (QED) is 0.700. The van der Waals surface area contributed by atoms with Crippen LogP contribution in [0, 0.1) is 0 Å². The van der Waals surface area contributed by atoms with E-state index in [2.05, 4.69) is 25.9 Å². The molecule has 3 aromatic rings. The van der Waals surface area contributed by atoms with Gasteiger partial charge in [0.25, 0.3) is 0 Å². The number of hydrogen-bond donors (Lipinski definition) is 1. The van der Waals surface area contributed by atoms with Gasteiger partial charge in [-0.25, -0.2) is 4.98 Å². The van der Waals surface area contributed by atoms with E-state index >= 15 is 0 Å². The number of halogens is 1. The second kappa shape index (κ2) is 5.42. The summed E-state index contributed by atoms with van der Waals surface area (Å²) in [5.74, 6) is 0.0462. The second-order valence-electron chi connectivity index (χ2n) is 4.36. The Morgan fingerprint density at radius 3 is 2.80 bits per heavy atom. The molecule has 1 aromatic heterocycles. The number of carbonyl (C=O) groups excluding carboxylic acids is 1. The van der Waals surface area contributed by atoms with E-state index in [0.717, 1.165) is 25.6 Å². The van der Waals surface area contributed by atoms with Gasteiger partial charge in [-0.15, -0.1) is 0 Å². The lowest BCUT2D eigenvalue weighted by atomic mass is 10.1. The molecule has 0 aliphatic rings. The Bertz CT molecular complexity index is 764. The maximum Gasteiger partial charge on any atom is 0.171 e. The molecule has 0 amide bonds. The van der Waals surface area contributed by atoms with Crippen LogP contribution < -0.4 is 0 Å². The molecule has 20 heavy (non-hydrogen) atoms. The van der Waals surface area contributed by atoms with Crippen molar-refractivity contribution in [2.24, 2.45) is 0 Å². The molecule has 0 radical (unpaired) electrons. The van der Waals surface area contributed by atoms with E-state index in [9.17, 15) is 4.79 Å². The number of para-hydroxylation sites is 2. The first-order valence-electron chi connectivity index (χ1n) is 6.06. The lowest BCUT2D eigenvalue weighted by Gasteiger charge is -2.05. The number of ketones is 1. The van der Waals surface area contributed by atoms with Gasteiger partial charge in [0, 0.05) is 14.9 Å². The maximum absolute atomic E-state index is 11.7. The summed E-state index contributed by atoms with van der Waals surface area (Å²) < 4.78 is 0.900. The Kier molecular flexibility index (Phi) is 3.63. The van der Waals surface area contributed by atoms with Gasteiger partial charge < -0.3 is 4.98 Å². The van der Waals surface area contributed by atoms with E-state index in [-0.39, 0.29) is 5.78 Å². The van der Waals surface area contributed by atoms with Gasteiger partial charge in [-0.2, -0.15) is 0 Å². The highest BCUT2D eigenvalue weighted by Gasteiger charge is 2.11. The Morgan fingerprint density at radius 1 is 1.25 bits per heavy atom. The zero-order chi connectivity index (χ0) is 14.1. The molecule has 0 unspecified atom stereocenters. The summed E-state index contributed by atoms with van der Waals surface area (Å²) in [6.45, 7) is 1.57. The molecule has 0 aliphatic heterocycles. The summed E-state index contributed by atoms with van der Waals surface area (Å²) in [4.78, 5) is 20.4. The van der Waals surface area contributed by atoms with Gasteiger partial charge in [-0.3, -0.25) is 4.79 Å². The number of aromatic nitrogens is 2. The fourth-order valence-corrected chi connectivity index (χ4v) is 3.27. The SMILES string of the molecule is CC(=O)c1cc(Br)ccc1Sc1nc2ccccc2[nH]1. The van der Waals surface area contributed by atoms with Crippen molar-refractivity contribution in [2.45, 2.75) is 17.0 Å². The van der Waals surface area contributed by atoms with E-state index in [1.807, 2.05) is 42.5 Å². The lowest BCUT2D eigenvalue weighted by Crippen LogP contribution is -1.95. The van der Waals surface area contributed by atoms with Crippen molar-refractivity contribution in [1.82, 2.24) is 9.97 Å². The lowest BCUT2D eigenvalue weighted by molar-refractivity contribution is 0.101. The van der Waals surface area contributed by atoms with E-state index in [1.54, 1.807) is 6.92 Å². The van der Waals surface area contributed by atoms with Crippen molar-refractivity contribution in [1.29, 1.82) is 0 Å². The first-order valence-corrected chi connectivity index (χ1v) is 7.67. The molecule has 5 heteroatoms. The summed E-state index contributed by atoms with van der Waals surface area (Å²) in [5, 5.41) is 0.788. The number of imidazole rings is 1. The highest BCUT2D eigenvalue weighted by Crippen LogP contribution is 2.31. The molecule has 1 heterocycles. The van der Waals surface area contributed by atoms with Crippen LogP contribution in [0.1, 0.15) is 17.3 Å². The van der Waals surface area contributed by atoms with Gasteiger partial charge in [-0.05, 0) is 37.3 Å². The number of nitrogens with zero attached hydrogens (tertiary/aromatic N) is 1. The Balaban J connectivity index is 2.00. The molecule has 2 aromatic carbocycles. The fraction of sp³-hybridized carbons (Fsp3) is 0.0667. The number of carbonyl (C=O) groups is 1. The molecule has 0 aliphatic carbocycles. The summed E-state index contributed by atoms with van der Waals surface area (Å²) in [5.41, 5.74) is 2.62. The topological polar surface area (TPSA) is 45.8 Å². The van der Waals surface area contributed by atoms with Gasteiger partial charge >= 0.3 is 0 Å². The molecule has 0 spiro atoms. The van der Waals surface area contributed by atoms with Crippen molar-refractivity contribution < 1.29 is 4.79 Å². The standard InChI is InChI=1S/C15H11BrN2OS/c1-9(19)11-8-10(16)6-7-14(11)20-15-17-12-4-2-3-5-13(12)18-15/h2-8H,1H3,(H,17,18). The zero-order valence-corrected chi connectivity index (χ0v) is 13.1. The van der Waals surface area contributed by atoms with Crippen LogP contribution in [0.15, 0.2) is 57.0 Å². The fourth-order valence-electron chi connectivity index (χ4n) is 1.95. The van der Waals surface area contributed by atoms with Crippen molar-refractivity contribution >= 4 is 44.5 Å². The molecule has 3 nitrogen and oxygen atoms in total. The number of Topliss-reactive ketones (excluding diaryl/α,β-unsaturated/α-hetero) is 1. The number of aromatic amines is 1. The highest BCUT2D eigenvalue weighted by atomic mass is 79.9. The normalized spacial score (nSPS) is 10.9. The monoisotopic (exact) mass is 346 g/mol. The Labute approximate surface area is 128 Å². The number of nitrogens with one attached hydrogen (secondary N) is 1. The van der Waals surface area contributed by atoms with Crippen LogP contribution in [-0.4, -0.2) is 15.8 Å². The van der Waals surface area contributed by atoms with Crippen LogP contribution in [0.2, 0.25) is 0 Å². The molecule has 100 valence electrons. The minimum absolute atomic E-state index is 0.0462. The van der Waals surface area contributed by atoms with E-state index < -0.39 is 0 Å². The van der Waals surface area contributed by atoms with Crippen LogP contribution in [0.5, 0.6) is 0 Å². The van der Waals surface area contributed by atoms with Crippen LogP contribution >= 0.6 is 27.7 Å². The number of hydrogen-bond acceptors (Lipinski definition) is 3. The van der Waals surface area contributed by atoms with Crippen molar-refractivity contribution in [3.8, 4) is 0 Å². The van der Waals surface area contributed by atoms with Gasteiger partial charge in [0.05, 0.1) is 11.0 Å². The Morgan fingerprint density at radius 2 is 2.05 bits per heavy atom. The molecule has 0 saturated heterocycles. The molecule has 0 fully saturated rings. The van der Waals surface area contributed by atoms with Crippen LogP contribution in [-0.2, 0) is 0 Å². The molecule has 3 rings (SSSR count). The zero-order valence-electron chi connectivity index (χ0n) is 10.7. The van der Waals surface area contributed by atoms with Crippen molar-refractivity contribution in [3.05, 3.63) is 52.5 Å². The largest absolute Gasteiger partial charge is 0.333 e. The smallest absolute Gasteiger partial charge is 0.171 e. The number of H-pyrrole nitrogens is 1. The molecule has 0 bridgehead atoms. The predicted octanol–water partition coefficient (Wildman–Crippen LogP) is 4.68. The van der Waals surface area contributed by atoms with Gasteiger partial charge in [-0.1, -0.05) is 39.8 Å². The first-order chi connectivity index (χ1) is 9.63. The summed E-state index contributed by atoms with van der Waals surface area (Å²) in [6.07, 6.45) is 0. The molecule has 0 saturated carbocycles.